The summed E-state index contributed by atoms with van der Waals surface area (Å²) in [6.45, 7) is 5.12. The van der Waals surface area contributed by atoms with Crippen molar-refractivity contribution in [3.05, 3.63) is 66.5 Å². The molecule has 0 unspecified atom stereocenters. The van der Waals surface area contributed by atoms with E-state index in [1.54, 1.807) is 0 Å². The smallest absolute Gasteiger partial charge is 0.232 e. The fourth-order valence-electron chi connectivity index (χ4n) is 3.51. The number of benzene rings is 2. The molecular formula is C23H27N7OS. The number of hydrogen-bond donors (Lipinski definition) is 2. The van der Waals surface area contributed by atoms with Crippen LogP contribution in [0.15, 0.2) is 60.7 Å². The minimum Gasteiger partial charge on any atom is -0.368 e. The summed E-state index contributed by atoms with van der Waals surface area (Å²) in [4.78, 5) is 29.9. The molecule has 0 aliphatic carbocycles. The summed E-state index contributed by atoms with van der Waals surface area (Å²) in [5.41, 5.74) is 7.97. The topological polar surface area (TPSA) is 100 Å². The molecule has 0 bridgehead atoms. The second kappa shape index (κ2) is 10.3. The quantitative estimate of drug-likeness (QED) is 0.566. The van der Waals surface area contributed by atoms with Crippen molar-refractivity contribution in [3.63, 3.8) is 0 Å². The maximum absolute atomic E-state index is 12.7. The number of carbonyl (C=O) groups excluding carboxylic acids is 1. The van der Waals surface area contributed by atoms with E-state index in [0.29, 0.717) is 17.5 Å². The molecule has 4 rings (SSSR count). The number of carbonyl (C=O) groups is 1. The largest absolute Gasteiger partial charge is 0.368 e. The van der Waals surface area contributed by atoms with Gasteiger partial charge in [-0.3, -0.25) is 4.79 Å². The van der Waals surface area contributed by atoms with Gasteiger partial charge in [0.1, 0.15) is 5.82 Å². The Morgan fingerprint density at radius 1 is 1.00 bits per heavy atom. The maximum atomic E-state index is 12.7. The molecule has 1 aliphatic rings. The summed E-state index contributed by atoms with van der Waals surface area (Å²) in [5, 5.41) is 3.05. The van der Waals surface area contributed by atoms with Gasteiger partial charge in [-0.2, -0.15) is 15.0 Å². The molecule has 1 aromatic heterocycles. The van der Waals surface area contributed by atoms with Crippen LogP contribution in [0.4, 0.5) is 23.3 Å². The third kappa shape index (κ3) is 5.67. The second-order valence-electron chi connectivity index (χ2n) is 7.52. The molecule has 166 valence electrons. The molecule has 8 nitrogen and oxygen atoms in total. The molecule has 0 radical (unpaired) electrons. The molecule has 0 spiro atoms. The molecule has 1 saturated heterocycles. The summed E-state index contributed by atoms with van der Waals surface area (Å²) in [7, 11) is 0. The average molecular weight is 450 g/mol. The minimum absolute atomic E-state index is 0.0915. The van der Waals surface area contributed by atoms with Crippen LogP contribution in [-0.2, 0) is 4.79 Å². The van der Waals surface area contributed by atoms with Crippen molar-refractivity contribution in [2.24, 2.45) is 0 Å². The van der Waals surface area contributed by atoms with Crippen LogP contribution in [0.25, 0.3) is 0 Å². The van der Waals surface area contributed by atoms with Crippen molar-refractivity contribution in [2.45, 2.75) is 12.2 Å². The summed E-state index contributed by atoms with van der Waals surface area (Å²) < 4.78 is 0. The second-order valence-corrected chi connectivity index (χ2v) is 8.85. The van der Waals surface area contributed by atoms with Crippen LogP contribution in [-0.4, -0.2) is 57.7 Å². The standard InChI is InChI=1S/C23H27N7OS/c1-17(21-26-22(24)28-23(27-21)25-18-8-4-2-5-9-18)32-16-20(31)30-14-12-29(13-15-30)19-10-6-3-7-11-19/h2-11,17H,12-16H2,1H3,(H3,24,25,26,27,28)/t17-/m0/s1. The Morgan fingerprint density at radius 2 is 1.66 bits per heavy atom. The number of anilines is 4. The summed E-state index contributed by atoms with van der Waals surface area (Å²) in [6.07, 6.45) is 0. The van der Waals surface area contributed by atoms with Gasteiger partial charge in [-0.15, -0.1) is 11.8 Å². The number of nitrogens with zero attached hydrogens (tertiary/aromatic N) is 5. The molecule has 1 atom stereocenters. The fraction of sp³-hybridized carbons (Fsp3) is 0.304. The SMILES string of the molecule is C[C@H](SCC(=O)N1CCN(c2ccccc2)CC1)c1nc(N)nc(Nc2ccccc2)n1. The van der Waals surface area contributed by atoms with E-state index in [4.69, 9.17) is 5.73 Å². The Labute approximate surface area is 192 Å². The first-order valence-corrected chi connectivity index (χ1v) is 11.7. The number of piperazine rings is 1. The Bertz CT molecular complexity index is 1030. The lowest BCUT2D eigenvalue weighted by Gasteiger charge is -2.36. The third-order valence-corrected chi connectivity index (χ3v) is 6.40. The predicted octanol–water partition coefficient (Wildman–Crippen LogP) is 3.34. The molecule has 3 N–H and O–H groups in total. The highest BCUT2D eigenvalue weighted by atomic mass is 32.2. The summed E-state index contributed by atoms with van der Waals surface area (Å²) >= 11 is 1.51. The molecule has 2 heterocycles. The van der Waals surface area contributed by atoms with E-state index < -0.39 is 0 Å². The van der Waals surface area contributed by atoms with Crippen LogP contribution < -0.4 is 16.0 Å². The van der Waals surface area contributed by atoms with Gasteiger partial charge in [0, 0.05) is 37.6 Å². The van der Waals surface area contributed by atoms with E-state index in [1.165, 1.54) is 17.4 Å². The first-order chi connectivity index (χ1) is 15.6. The molecule has 32 heavy (non-hydrogen) atoms. The van der Waals surface area contributed by atoms with Crippen LogP contribution in [0, 0.1) is 0 Å². The van der Waals surface area contributed by atoms with Crippen LogP contribution in [0.2, 0.25) is 0 Å². The van der Waals surface area contributed by atoms with Crippen LogP contribution >= 0.6 is 11.8 Å². The lowest BCUT2D eigenvalue weighted by molar-refractivity contribution is -0.128. The number of para-hydroxylation sites is 2. The zero-order valence-corrected chi connectivity index (χ0v) is 18.8. The van der Waals surface area contributed by atoms with Gasteiger partial charge in [0.25, 0.3) is 0 Å². The molecule has 3 aromatic rings. The highest BCUT2D eigenvalue weighted by molar-refractivity contribution is 8.00. The molecule has 1 amide bonds. The number of nitrogen functional groups attached to an aromatic ring is 1. The summed E-state index contributed by atoms with van der Waals surface area (Å²) in [6, 6.07) is 20.0. The van der Waals surface area contributed by atoms with Crippen LogP contribution in [0.3, 0.4) is 0 Å². The lowest BCUT2D eigenvalue weighted by Crippen LogP contribution is -2.49. The van der Waals surface area contributed by atoms with E-state index in [2.05, 4.69) is 37.3 Å². The Hall–Kier alpha value is -3.33. The van der Waals surface area contributed by atoms with Gasteiger partial charge in [-0.1, -0.05) is 36.4 Å². The van der Waals surface area contributed by atoms with Crippen molar-refractivity contribution in [1.82, 2.24) is 19.9 Å². The van der Waals surface area contributed by atoms with Crippen molar-refractivity contribution < 1.29 is 4.79 Å². The zero-order chi connectivity index (χ0) is 22.3. The van der Waals surface area contributed by atoms with E-state index in [9.17, 15) is 4.79 Å². The fourth-order valence-corrected chi connectivity index (χ4v) is 4.34. The van der Waals surface area contributed by atoms with Gasteiger partial charge in [-0.25, -0.2) is 0 Å². The average Bonchev–Trinajstić information content (AvgIpc) is 2.83. The summed E-state index contributed by atoms with van der Waals surface area (Å²) in [5.74, 6) is 1.63. The van der Waals surface area contributed by atoms with E-state index in [0.717, 1.165) is 31.9 Å². The van der Waals surface area contributed by atoms with Crippen molar-refractivity contribution in [3.8, 4) is 0 Å². The van der Waals surface area contributed by atoms with Gasteiger partial charge in [0.15, 0.2) is 0 Å². The maximum Gasteiger partial charge on any atom is 0.232 e. The van der Waals surface area contributed by atoms with E-state index in [-0.39, 0.29) is 17.1 Å². The van der Waals surface area contributed by atoms with Gasteiger partial charge in [-0.05, 0) is 31.2 Å². The van der Waals surface area contributed by atoms with E-state index in [1.807, 2.05) is 60.4 Å². The minimum atomic E-state index is -0.0915. The normalized spacial score (nSPS) is 14.8. The Kier molecular flexibility index (Phi) is 7.06. The number of rotatable bonds is 7. The first kappa shape index (κ1) is 21.9. The van der Waals surface area contributed by atoms with Gasteiger partial charge >= 0.3 is 0 Å². The molecule has 1 fully saturated rings. The highest BCUT2D eigenvalue weighted by Gasteiger charge is 2.22. The lowest BCUT2D eigenvalue weighted by atomic mass is 10.2. The Balaban J connectivity index is 1.30. The zero-order valence-electron chi connectivity index (χ0n) is 18.0. The van der Waals surface area contributed by atoms with Crippen molar-refractivity contribution >= 4 is 40.9 Å². The number of nitrogens with one attached hydrogen (secondary N) is 1. The van der Waals surface area contributed by atoms with Gasteiger partial charge in [0.2, 0.25) is 17.8 Å². The molecule has 0 saturated carbocycles. The van der Waals surface area contributed by atoms with Gasteiger partial charge in [0.05, 0.1) is 11.0 Å². The van der Waals surface area contributed by atoms with Crippen LogP contribution in [0.1, 0.15) is 18.0 Å². The monoisotopic (exact) mass is 449 g/mol. The third-order valence-electron chi connectivity index (χ3n) is 5.27. The van der Waals surface area contributed by atoms with E-state index >= 15 is 0 Å². The number of thioether (sulfide) groups is 1. The molecule has 1 aliphatic heterocycles. The predicted molar refractivity (Wildman–Crippen MR) is 130 cm³/mol. The first-order valence-electron chi connectivity index (χ1n) is 10.6. The molecular weight excluding hydrogens is 422 g/mol. The van der Waals surface area contributed by atoms with Crippen molar-refractivity contribution in [1.29, 1.82) is 0 Å². The number of amides is 1. The molecule has 9 heteroatoms. The number of nitrogens with two attached hydrogens (primary N) is 1. The Morgan fingerprint density at radius 3 is 2.34 bits per heavy atom. The van der Waals surface area contributed by atoms with Crippen LogP contribution in [0.5, 0.6) is 0 Å². The van der Waals surface area contributed by atoms with Gasteiger partial charge < -0.3 is 20.9 Å². The highest BCUT2D eigenvalue weighted by Crippen LogP contribution is 2.27. The van der Waals surface area contributed by atoms with Crippen molar-refractivity contribution in [2.75, 3.05) is 47.9 Å². The molecule has 2 aromatic carbocycles. The number of aromatic nitrogens is 3. The number of hydrogen-bond acceptors (Lipinski definition) is 8.